The van der Waals surface area contributed by atoms with E-state index < -0.39 is 11.6 Å². The van der Waals surface area contributed by atoms with Crippen LogP contribution in [-0.4, -0.2) is 4.98 Å². The normalized spacial score (nSPS) is 12.4. The van der Waals surface area contributed by atoms with Crippen molar-refractivity contribution in [1.29, 1.82) is 0 Å². The topological polar surface area (TPSA) is 24.9 Å². The van der Waals surface area contributed by atoms with Crippen LogP contribution in [-0.2, 0) is 6.54 Å². The quantitative estimate of drug-likeness (QED) is 0.898. The van der Waals surface area contributed by atoms with Crippen molar-refractivity contribution in [2.75, 3.05) is 0 Å². The second-order valence-electron chi connectivity index (χ2n) is 4.13. The molecule has 0 saturated heterocycles. The van der Waals surface area contributed by atoms with Gasteiger partial charge in [0.1, 0.15) is 0 Å². The van der Waals surface area contributed by atoms with Crippen molar-refractivity contribution in [2.45, 2.75) is 19.5 Å². The first kappa shape index (κ1) is 12.6. The largest absolute Gasteiger partial charge is 0.306 e. The summed E-state index contributed by atoms with van der Waals surface area (Å²) in [6.45, 7) is 2.57. The van der Waals surface area contributed by atoms with Gasteiger partial charge < -0.3 is 5.32 Å². The van der Waals surface area contributed by atoms with Crippen LogP contribution in [0.3, 0.4) is 0 Å². The molecule has 94 valence electrons. The van der Waals surface area contributed by atoms with Crippen LogP contribution in [0, 0.1) is 11.6 Å². The molecule has 1 aromatic heterocycles. The summed E-state index contributed by atoms with van der Waals surface area (Å²) in [5.74, 6) is -1.63. The van der Waals surface area contributed by atoms with Gasteiger partial charge in [0.25, 0.3) is 0 Å². The monoisotopic (exact) mass is 248 g/mol. The molecule has 2 aromatic rings. The molecule has 1 heterocycles. The van der Waals surface area contributed by atoms with Gasteiger partial charge in [-0.1, -0.05) is 6.07 Å². The fraction of sp³-hybridized carbons (Fsp3) is 0.214. The van der Waals surface area contributed by atoms with Gasteiger partial charge in [-0.15, -0.1) is 0 Å². The minimum absolute atomic E-state index is 0.0479. The lowest BCUT2D eigenvalue weighted by atomic mass is 10.1. The predicted molar refractivity (Wildman–Crippen MR) is 65.8 cm³/mol. The van der Waals surface area contributed by atoms with Crippen molar-refractivity contribution in [3.8, 4) is 0 Å². The summed E-state index contributed by atoms with van der Waals surface area (Å²) in [5.41, 5.74) is 1.82. The Morgan fingerprint density at radius 2 is 1.83 bits per heavy atom. The molecule has 18 heavy (non-hydrogen) atoms. The number of nitrogens with zero attached hydrogens (tertiary/aromatic N) is 1. The van der Waals surface area contributed by atoms with Gasteiger partial charge in [-0.3, -0.25) is 4.98 Å². The maximum Gasteiger partial charge on any atom is 0.159 e. The Bertz CT molecular complexity index is 514. The van der Waals surface area contributed by atoms with Gasteiger partial charge in [0.2, 0.25) is 0 Å². The number of nitrogens with one attached hydrogen (secondary N) is 1. The molecule has 1 N–H and O–H groups in total. The molecule has 0 bridgehead atoms. The number of hydrogen-bond acceptors (Lipinski definition) is 2. The van der Waals surface area contributed by atoms with Crippen molar-refractivity contribution in [3.63, 3.8) is 0 Å². The third kappa shape index (κ3) is 3.11. The van der Waals surface area contributed by atoms with E-state index in [4.69, 9.17) is 0 Å². The van der Waals surface area contributed by atoms with E-state index in [9.17, 15) is 8.78 Å². The van der Waals surface area contributed by atoms with Crippen molar-refractivity contribution >= 4 is 0 Å². The molecule has 0 radical (unpaired) electrons. The van der Waals surface area contributed by atoms with Crippen molar-refractivity contribution in [3.05, 3.63) is 65.5 Å². The molecule has 1 aromatic carbocycles. The van der Waals surface area contributed by atoms with Gasteiger partial charge in [-0.05, 0) is 42.3 Å². The molecule has 4 heteroatoms. The molecule has 0 fully saturated rings. The van der Waals surface area contributed by atoms with Gasteiger partial charge in [0, 0.05) is 25.0 Å². The van der Waals surface area contributed by atoms with E-state index in [0.29, 0.717) is 6.54 Å². The molecule has 1 unspecified atom stereocenters. The van der Waals surface area contributed by atoms with Gasteiger partial charge in [0.05, 0.1) is 0 Å². The average Bonchev–Trinajstić information content (AvgIpc) is 2.40. The molecule has 0 spiro atoms. The summed E-state index contributed by atoms with van der Waals surface area (Å²) in [6, 6.07) is 7.72. The van der Waals surface area contributed by atoms with E-state index >= 15 is 0 Å². The predicted octanol–water partition coefficient (Wildman–Crippen LogP) is 3.21. The number of aromatic nitrogens is 1. The zero-order valence-corrected chi connectivity index (χ0v) is 10.0. The van der Waals surface area contributed by atoms with E-state index in [2.05, 4.69) is 10.3 Å². The molecule has 2 nitrogen and oxygen atoms in total. The first-order valence-corrected chi connectivity index (χ1v) is 5.74. The highest BCUT2D eigenvalue weighted by Gasteiger charge is 2.08. The summed E-state index contributed by atoms with van der Waals surface area (Å²) in [5, 5.41) is 3.24. The van der Waals surface area contributed by atoms with Crippen LogP contribution in [0.4, 0.5) is 8.78 Å². The van der Waals surface area contributed by atoms with Crippen LogP contribution < -0.4 is 5.32 Å². The Hall–Kier alpha value is -1.81. The lowest BCUT2D eigenvalue weighted by molar-refractivity contribution is 0.500. The number of hydrogen-bond donors (Lipinski definition) is 1. The minimum Gasteiger partial charge on any atom is -0.306 e. The third-order valence-electron chi connectivity index (χ3n) is 2.81. The SMILES string of the molecule is CC(NCc1ccncc1)c1ccc(F)c(F)c1. The molecule has 0 aliphatic rings. The van der Waals surface area contributed by atoms with Crippen molar-refractivity contribution in [2.24, 2.45) is 0 Å². The molecular formula is C14H14F2N2. The molecule has 2 rings (SSSR count). The molecule has 0 aliphatic carbocycles. The Morgan fingerprint density at radius 3 is 2.50 bits per heavy atom. The average molecular weight is 248 g/mol. The lowest BCUT2D eigenvalue weighted by Crippen LogP contribution is -2.18. The Kier molecular flexibility index (Phi) is 3.99. The summed E-state index contributed by atoms with van der Waals surface area (Å²) >= 11 is 0. The number of halogens is 2. The van der Waals surface area contributed by atoms with Crippen LogP contribution in [0.25, 0.3) is 0 Å². The second-order valence-corrected chi connectivity index (χ2v) is 4.13. The Labute approximate surface area is 105 Å². The smallest absolute Gasteiger partial charge is 0.159 e. The highest BCUT2D eigenvalue weighted by atomic mass is 19.2. The zero-order chi connectivity index (χ0) is 13.0. The number of rotatable bonds is 4. The van der Waals surface area contributed by atoms with Gasteiger partial charge in [-0.2, -0.15) is 0 Å². The first-order chi connectivity index (χ1) is 8.66. The summed E-state index contributed by atoms with van der Waals surface area (Å²) < 4.78 is 25.9. The maximum absolute atomic E-state index is 13.1. The van der Waals surface area contributed by atoms with Crippen LogP contribution in [0.15, 0.2) is 42.7 Å². The summed E-state index contributed by atoms with van der Waals surface area (Å²) in [4.78, 5) is 3.93. The number of benzene rings is 1. The highest BCUT2D eigenvalue weighted by molar-refractivity contribution is 5.21. The van der Waals surface area contributed by atoms with E-state index in [1.165, 1.54) is 6.07 Å². The Morgan fingerprint density at radius 1 is 1.11 bits per heavy atom. The first-order valence-electron chi connectivity index (χ1n) is 5.74. The van der Waals surface area contributed by atoms with E-state index in [1.807, 2.05) is 19.1 Å². The second kappa shape index (κ2) is 5.69. The van der Waals surface area contributed by atoms with Crippen LogP contribution in [0.5, 0.6) is 0 Å². The molecule has 0 aliphatic heterocycles. The summed E-state index contributed by atoms with van der Waals surface area (Å²) in [6.07, 6.45) is 3.44. The van der Waals surface area contributed by atoms with Gasteiger partial charge >= 0.3 is 0 Å². The third-order valence-corrected chi connectivity index (χ3v) is 2.81. The van der Waals surface area contributed by atoms with Gasteiger partial charge in [-0.25, -0.2) is 8.78 Å². The van der Waals surface area contributed by atoms with Crippen LogP contribution in [0.2, 0.25) is 0 Å². The standard InChI is InChI=1S/C14H14F2N2/c1-10(12-2-3-13(15)14(16)8-12)18-9-11-4-6-17-7-5-11/h2-8,10,18H,9H2,1H3. The fourth-order valence-electron chi connectivity index (χ4n) is 1.67. The molecule has 0 saturated carbocycles. The zero-order valence-electron chi connectivity index (χ0n) is 10.0. The molecule has 1 atom stereocenters. The van der Waals surface area contributed by atoms with Crippen molar-refractivity contribution < 1.29 is 8.78 Å². The summed E-state index contributed by atoms with van der Waals surface area (Å²) in [7, 11) is 0. The van der Waals surface area contributed by atoms with E-state index in [0.717, 1.165) is 17.2 Å². The highest BCUT2D eigenvalue weighted by Crippen LogP contribution is 2.16. The van der Waals surface area contributed by atoms with E-state index in [1.54, 1.807) is 18.5 Å². The lowest BCUT2D eigenvalue weighted by Gasteiger charge is -2.14. The minimum atomic E-state index is -0.819. The molecular weight excluding hydrogens is 234 g/mol. The number of pyridine rings is 1. The maximum atomic E-state index is 13.1. The van der Waals surface area contributed by atoms with Crippen molar-refractivity contribution in [1.82, 2.24) is 10.3 Å². The Balaban J connectivity index is 1.99. The van der Waals surface area contributed by atoms with Crippen LogP contribution >= 0.6 is 0 Å². The fourth-order valence-corrected chi connectivity index (χ4v) is 1.67. The van der Waals surface area contributed by atoms with E-state index in [-0.39, 0.29) is 6.04 Å². The van der Waals surface area contributed by atoms with Gasteiger partial charge in [0.15, 0.2) is 11.6 Å². The van der Waals surface area contributed by atoms with Crippen LogP contribution in [0.1, 0.15) is 24.1 Å². The molecule has 0 amide bonds.